The average molecular weight is 298 g/mol. The maximum Gasteiger partial charge on any atom is 0.255 e. The summed E-state index contributed by atoms with van der Waals surface area (Å²) in [4.78, 5) is 14.9. The van der Waals surface area contributed by atoms with Crippen molar-refractivity contribution in [2.75, 3.05) is 27.2 Å². The van der Waals surface area contributed by atoms with E-state index >= 15 is 0 Å². The quantitative estimate of drug-likeness (QED) is 0.947. The van der Waals surface area contributed by atoms with E-state index in [-0.39, 0.29) is 11.9 Å². The Balaban J connectivity index is 1.83. The molecule has 116 valence electrons. The fourth-order valence-electron chi connectivity index (χ4n) is 2.98. The van der Waals surface area contributed by atoms with Crippen LogP contribution in [0.25, 0.3) is 10.8 Å². The monoisotopic (exact) mass is 298 g/mol. The summed E-state index contributed by atoms with van der Waals surface area (Å²) in [6.07, 6.45) is 2.00. The van der Waals surface area contributed by atoms with Crippen molar-refractivity contribution in [3.8, 4) is 5.75 Å². The van der Waals surface area contributed by atoms with E-state index < -0.39 is 0 Å². The second-order valence-electron chi connectivity index (χ2n) is 5.95. The van der Waals surface area contributed by atoms with Gasteiger partial charge < -0.3 is 15.0 Å². The molecule has 0 atom stereocenters. The molecule has 2 aromatic rings. The zero-order chi connectivity index (χ0) is 15.5. The number of fused-ring (bicyclic) bond motifs is 1. The molecular weight excluding hydrogens is 276 g/mol. The third kappa shape index (κ3) is 3.07. The van der Waals surface area contributed by atoms with Crippen LogP contribution in [0, 0.1) is 0 Å². The number of carbonyl (C=O) groups excluding carboxylic acids is 1. The average Bonchev–Trinajstić information content (AvgIpc) is 2.55. The van der Waals surface area contributed by atoms with Crippen molar-refractivity contribution in [3.63, 3.8) is 0 Å². The van der Waals surface area contributed by atoms with Crippen LogP contribution in [-0.2, 0) is 0 Å². The first-order chi connectivity index (χ1) is 10.7. The van der Waals surface area contributed by atoms with Crippen LogP contribution in [-0.4, -0.2) is 44.1 Å². The van der Waals surface area contributed by atoms with E-state index in [1.54, 1.807) is 7.11 Å². The summed E-state index contributed by atoms with van der Waals surface area (Å²) in [5.74, 6) is 0.585. The summed E-state index contributed by atoms with van der Waals surface area (Å²) in [6.45, 7) is 2.06. The van der Waals surface area contributed by atoms with Gasteiger partial charge in [-0.25, -0.2) is 0 Å². The molecule has 1 heterocycles. The normalized spacial score (nSPS) is 16.6. The van der Waals surface area contributed by atoms with E-state index in [1.807, 2.05) is 36.4 Å². The molecule has 4 nitrogen and oxygen atoms in total. The van der Waals surface area contributed by atoms with Gasteiger partial charge in [0.25, 0.3) is 5.91 Å². The number of piperidine rings is 1. The Morgan fingerprint density at radius 2 is 1.82 bits per heavy atom. The van der Waals surface area contributed by atoms with Gasteiger partial charge in [-0.2, -0.15) is 0 Å². The van der Waals surface area contributed by atoms with Crippen LogP contribution in [0.4, 0.5) is 0 Å². The molecule has 0 radical (unpaired) electrons. The van der Waals surface area contributed by atoms with Gasteiger partial charge in [-0.15, -0.1) is 0 Å². The minimum absolute atomic E-state index is 0.0443. The molecule has 1 N–H and O–H groups in total. The Labute approximate surface area is 131 Å². The minimum Gasteiger partial charge on any atom is -0.496 e. The Kier molecular flexibility index (Phi) is 4.29. The molecule has 0 bridgehead atoms. The minimum atomic E-state index is -0.0443. The van der Waals surface area contributed by atoms with Gasteiger partial charge in [-0.3, -0.25) is 4.79 Å². The lowest BCUT2D eigenvalue weighted by Gasteiger charge is -2.29. The number of carbonyl (C=O) groups is 1. The van der Waals surface area contributed by atoms with Crippen LogP contribution < -0.4 is 10.1 Å². The highest BCUT2D eigenvalue weighted by Crippen LogP contribution is 2.26. The lowest BCUT2D eigenvalue weighted by atomic mass is 10.0. The van der Waals surface area contributed by atoms with Crippen molar-refractivity contribution in [1.82, 2.24) is 10.2 Å². The maximum absolute atomic E-state index is 12.6. The summed E-state index contributed by atoms with van der Waals surface area (Å²) >= 11 is 0. The van der Waals surface area contributed by atoms with Gasteiger partial charge in [0.05, 0.1) is 12.7 Å². The van der Waals surface area contributed by atoms with Crippen molar-refractivity contribution < 1.29 is 9.53 Å². The van der Waals surface area contributed by atoms with E-state index in [9.17, 15) is 4.79 Å². The molecule has 2 aromatic carbocycles. The van der Waals surface area contributed by atoms with Gasteiger partial charge in [0, 0.05) is 6.04 Å². The molecule has 4 heteroatoms. The highest BCUT2D eigenvalue weighted by Gasteiger charge is 2.21. The third-order valence-electron chi connectivity index (χ3n) is 4.37. The van der Waals surface area contributed by atoms with Crippen molar-refractivity contribution in [2.24, 2.45) is 0 Å². The fraction of sp³-hybridized carbons (Fsp3) is 0.389. The van der Waals surface area contributed by atoms with Gasteiger partial charge in [0.2, 0.25) is 0 Å². The summed E-state index contributed by atoms with van der Waals surface area (Å²) in [6, 6.07) is 12.1. The molecule has 0 spiro atoms. The zero-order valence-corrected chi connectivity index (χ0v) is 13.1. The Hall–Kier alpha value is -2.07. The third-order valence-corrected chi connectivity index (χ3v) is 4.37. The molecule has 1 aliphatic heterocycles. The molecule has 0 saturated carbocycles. The summed E-state index contributed by atoms with van der Waals surface area (Å²) in [5.41, 5.74) is 0.611. The highest BCUT2D eigenvalue weighted by atomic mass is 16.5. The highest BCUT2D eigenvalue weighted by molar-refractivity contribution is 6.01. The number of methoxy groups -OCH3 is 1. The number of rotatable bonds is 3. The molecule has 1 fully saturated rings. The molecular formula is C18H22N2O2. The van der Waals surface area contributed by atoms with Crippen LogP contribution in [0.1, 0.15) is 23.2 Å². The Morgan fingerprint density at radius 3 is 2.45 bits per heavy atom. The van der Waals surface area contributed by atoms with E-state index in [0.29, 0.717) is 11.3 Å². The molecule has 1 aliphatic rings. The van der Waals surface area contributed by atoms with Gasteiger partial charge in [0.15, 0.2) is 0 Å². The van der Waals surface area contributed by atoms with E-state index in [1.165, 1.54) is 0 Å². The number of nitrogens with zero attached hydrogens (tertiary/aromatic N) is 1. The number of amides is 1. The predicted octanol–water partition coefficient (Wildman–Crippen LogP) is 2.67. The second-order valence-corrected chi connectivity index (χ2v) is 5.95. The van der Waals surface area contributed by atoms with Crippen LogP contribution in [0.15, 0.2) is 36.4 Å². The number of hydrogen-bond donors (Lipinski definition) is 1. The molecule has 3 rings (SSSR count). The number of hydrogen-bond acceptors (Lipinski definition) is 3. The molecule has 1 saturated heterocycles. The van der Waals surface area contributed by atoms with E-state index in [2.05, 4.69) is 17.3 Å². The van der Waals surface area contributed by atoms with Gasteiger partial charge in [-0.1, -0.05) is 24.3 Å². The summed E-state index contributed by atoms with van der Waals surface area (Å²) in [5, 5.41) is 5.28. The van der Waals surface area contributed by atoms with Gasteiger partial charge in [0.1, 0.15) is 5.75 Å². The van der Waals surface area contributed by atoms with Crippen molar-refractivity contribution >= 4 is 16.7 Å². The SMILES string of the molecule is COc1cc2ccccc2cc1C(=O)NC1CCN(C)CC1. The van der Waals surface area contributed by atoms with Crippen LogP contribution in [0.2, 0.25) is 0 Å². The van der Waals surface area contributed by atoms with Crippen LogP contribution in [0.5, 0.6) is 5.75 Å². The van der Waals surface area contributed by atoms with Gasteiger partial charge in [-0.05, 0) is 55.9 Å². The molecule has 1 amide bonds. The van der Waals surface area contributed by atoms with E-state index in [0.717, 1.165) is 36.7 Å². The topological polar surface area (TPSA) is 41.6 Å². The van der Waals surface area contributed by atoms with E-state index in [4.69, 9.17) is 4.74 Å². The van der Waals surface area contributed by atoms with Gasteiger partial charge >= 0.3 is 0 Å². The fourth-order valence-corrected chi connectivity index (χ4v) is 2.98. The number of ether oxygens (including phenoxy) is 1. The molecule has 0 unspecified atom stereocenters. The van der Waals surface area contributed by atoms with Crippen molar-refractivity contribution in [2.45, 2.75) is 18.9 Å². The summed E-state index contributed by atoms with van der Waals surface area (Å²) in [7, 11) is 3.72. The first-order valence-electron chi connectivity index (χ1n) is 7.73. The number of benzene rings is 2. The van der Waals surface area contributed by atoms with Crippen LogP contribution >= 0.6 is 0 Å². The zero-order valence-electron chi connectivity index (χ0n) is 13.1. The van der Waals surface area contributed by atoms with Crippen molar-refractivity contribution in [1.29, 1.82) is 0 Å². The summed E-state index contributed by atoms with van der Waals surface area (Å²) < 4.78 is 5.41. The lowest BCUT2D eigenvalue weighted by molar-refractivity contribution is 0.0914. The largest absolute Gasteiger partial charge is 0.496 e. The molecule has 0 aliphatic carbocycles. The second kappa shape index (κ2) is 6.36. The number of likely N-dealkylation sites (tertiary alicyclic amines) is 1. The molecule has 0 aromatic heterocycles. The Morgan fingerprint density at radius 1 is 1.18 bits per heavy atom. The maximum atomic E-state index is 12.6. The smallest absolute Gasteiger partial charge is 0.255 e. The first-order valence-corrected chi connectivity index (χ1v) is 7.73. The molecule has 22 heavy (non-hydrogen) atoms. The first kappa shape index (κ1) is 14.9. The number of nitrogens with one attached hydrogen (secondary N) is 1. The standard InChI is InChI=1S/C18H22N2O2/c1-20-9-7-15(8-10-20)19-18(21)16-11-13-5-3-4-6-14(13)12-17(16)22-2/h3-6,11-12,15H,7-10H2,1-2H3,(H,19,21). The lowest BCUT2D eigenvalue weighted by Crippen LogP contribution is -2.43. The predicted molar refractivity (Wildman–Crippen MR) is 88.5 cm³/mol. The van der Waals surface area contributed by atoms with Crippen molar-refractivity contribution in [3.05, 3.63) is 42.0 Å². The van der Waals surface area contributed by atoms with Crippen LogP contribution in [0.3, 0.4) is 0 Å². The Bertz CT molecular complexity index is 676.